The quantitative estimate of drug-likeness (QED) is 0.895. The molecule has 0 unspecified atom stereocenters. The van der Waals surface area contributed by atoms with Gasteiger partial charge in [-0.25, -0.2) is 4.79 Å². The van der Waals surface area contributed by atoms with Gasteiger partial charge in [0.25, 0.3) is 0 Å². The zero-order valence-electron chi connectivity index (χ0n) is 10.6. The summed E-state index contributed by atoms with van der Waals surface area (Å²) >= 11 is 0. The minimum absolute atomic E-state index is 0.329. The summed E-state index contributed by atoms with van der Waals surface area (Å²) in [6.07, 6.45) is 7.86. The Kier molecular flexibility index (Phi) is 2.71. The minimum atomic E-state index is -0.890. The van der Waals surface area contributed by atoms with Crippen molar-refractivity contribution in [2.75, 3.05) is 0 Å². The summed E-state index contributed by atoms with van der Waals surface area (Å²) in [6.45, 7) is 0. The number of carboxylic acids is 1. The van der Waals surface area contributed by atoms with Crippen LogP contribution in [-0.2, 0) is 13.5 Å². The van der Waals surface area contributed by atoms with Crippen LogP contribution in [0.1, 0.15) is 33.5 Å². The molecule has 0 atom stereocenters. The van der Waals surface area contributed by atoms with Crippen molar-refractivity contribution in [1.82, 2.24) is 9.78 Å². The van der Waals surface area contributed by atoms with Gasteiger partial charge in [-0.05, 0) is 41.7 Å². The first-order valence-corrected chi connectivity index (χ1v) is 6.21. The van der Waals surface area contributed by atoms with E-state index in [1.165, 1.54) is 5.56 Å². The number of carboxylic acid groups (broad SMARTS) is 1. The SMILES string of the molecule is Cn1cc(C2=CCCc3ccc(C(=O)O)cc32)cn1. The number of aromatic carboxylic acids is 1. The lowest BCUT2D eigenvalue weighted by Gasteiger charge is -2.17. The largest absolute Gasteiger partial charge is 0.478 e. The predicted octanol–water partition coefficient (Wildman–Crippen LogP) is 2.50. The molecule has 1 heterocycles. The second kappa shape index (κ2) is 4.39. The third-order valence-electron chi connectivity index (χ3n) is 3.43. The van der Waals surface area contributed by atoms with E-state index in [0.717, 1.165) is 29.5 Å². The van der Waals surface area contributed by atoms with E-state index < -0.39 is 5.97 Å². The van der Waals surface area contributed by atoms with Crippen LogP contribution in [0.5, 0.6) is 0 Å². The summed E-state index contributed by atoms with van der Waals surface area (Å²) < 4.78 is 1.76. The van der Waals surface area contributed by atoms with Crippen molar-refractivity contribution in [2.24, 2.45) is 7.05 Å². The molecule has 0 saturated carbocycles. The Morgan fingerprint density at radius 3 is 2.95 bits per heavy atom. The Morgan fingerprint density at radius 1 is 1.42 bits per heavy atom. The highest BCUT2D eigenvalue weighted by Gasteiger charge is 2.17. The molecule has 4 nitrogen and oxygen atoms in total. The summed E-state index contributed by atoms with van der Waals surface area (Å²) in [5, 5.41) is 13.3. The highest BCUT2D eigenvalue weighted by Crippen LogP contribution is 2.32. The number of aryl methyl sites for hydroxylation is 2. The van der Waals surface area contributed by atoms with E-state index in [9.17, 15) is 4.79 Å². The van der Waals surface area contributed by atoms with Gasteiger partial charge < -0.3 is 5.11 Å². The van der Waals surface area contributed by atoms with Crippen LogP contribution in [0.15, 0.2) is 36.7 Å². The second-order valence-corrected chi connectivity index (χ2v) is 4.74. The van der Waals surface area contributed by atoms with Crippen molar-refractivity contribution < 1.29 is 9.90 Å². The fraction of sp³-hybridized carbons (Fsp3) is 0.200. The lowest BCUT2D eigenvalue weighted by molar-refractivity contribution is 0.0697. The van der Waals surface area contributed by atoms with E-state index >= 15 is 0 Å². The number of hydrogen-bond donors (Lipinski definition) is 1. The first-order valence-electron chi connectivity index (χ1n) is 6.21. The van der Waals surface area contributed by atoms with Crippen LogP contribution < -0.4 is 0 Å². The summed E-state index contributed by atoms with van der Waals surface area (Å²) in [6, 6.07) is 5.35. The van der Waals surface area contributed by atoms with Gasteiger partial charge in [0, 0.05) is 18.8 Å². The molecule has 1 aliphatic rings. The molecule has 1 aromatic heterocycles. The number of nitrogens with zero attached hydrogens (tertiary/aromatic N) is 2. The Hall–Kier alpha value is -2.36. The molecule has 3 rings (SSSR count). The van der Waals surface area contributed by atoms with E-state index in [2.05, 4.69) is 11.2 Å². The molecule has 0 radical (unpaired) electrons. The van der Waals surface area contributed by atoms with Crippen molar-refractivity contribution in [3.8, 4) is 0 Å². The number of allylic oxidation sites excluding steroid dienone is 1. The Bertz CT molecular complexity index is 683. The number of rotatable bonds is 2. The third kappa shape index (κ3) is 2.05. The molecule has 0 fully saturated rings. The van der Waals surface area contributed by atoms with Gasteiger partial charge in [0.2, 0.25) is 0 Å². The number of fused-ring (bicyclic) bond motifs is 1. The van der Waals surface area contributed by atoms with Gasteiger partial charge in [0.15, 0.2) is 0 Å². The van der Waals surface area contributed by atoms with E-state index in [1.807, 2.05) is 25.5 Å². The maximum atomic E-state index is 11.1. The molecule has 0 spiro atoms. The fourth-order valence-corrected chi connectivity index (χ4v) is 2.49. The van der Waals surface area contributed by atoms with Crippen LogP contribution in [0, 0.1) is 0 Å². The van der Waals surface area contributed by atoms with Crippen molar-refractivity contribution >= 4 is 11.5 Å². The van der Waals surface area contributed by atoms with Crippen LogP contribution in [0.3, 0.4) is 0 Å². The van der Waals surface area contributed by atoms with Gasteiger partial charge in [0.05, 0.1) is 11.8 Å². The average molecular weight is 254 g/mol. The Balaban J connectivity index is 2.12. The van der Waals surface area contributed by atoms with Gasteiger partial charge in [0.1, 0.15) is 0 Å². The van der Waals surface area contributed by atoms with Gasteiger partial charge >= 0.3 is 5.97 Å². The summed E-state index contributed by atoms with van der Waals surface area (Å²) in [7, 11) is 1.88. The monoisotopic (exact) mass is 254 g/mol. The second-order valence-electron chi connectivity index (χ2n) is 4.74. The highest BCUT2D eigenvalue weighted by molar-refractivity contribution is 5.91. The predicted molar refractivity (Wildman–Crippen MR) is 72.0 cm³/mol. The molecular formula is C15H14N2O2. The van der Waals surface area contributed by atoms with Gasteiger partial charge in [-0.15, -0.1) is 0 Å². The normalized spacial score (nSPS) is 13.8. The number of aromatic nitrogens is 2. The third-order valence-corrected chi connectivity index (χ3v) is 3.43. The summed E-state index contributed by atoms with van der Waals surface area (Å²) in [5.41, 5.74) is 4.66. The number of benzene rings is 1. The van der Waals surface area contributed by atoms with Crippen molar-refractivity contribution in [1.29, 1.82) is 0 Å². The van der Waals surface area contributed by atoms with Gasteiger partial charge in [-0.3, -0.25) is 4.68 Å². The average Bonchev–Trinajstić information content (AvgIpc) is 2.84. The Morgan fingerprint density at radius 2 is 2.26 bits per heavy atom. The van der Waals surface area contributed by atoms with Crippen LogP contribution in [0.25, 0.3) is 5.57 Å². The summed E-state index contributed by atoms with van der Waals surface area (Å²) in [4.78, 5) is 11.1. The lowest BCUT2D eigenvalue weighted by Crippen LogP contribution is -2.04. The summed E-state index contributed by atoms with van der Waals surface area (Å²) in [5.74, 6) is -0.890. The molecular weight excluding hydrogens is 240 g/mol. The molecule has 4 heteroatoms. The van der Waals surface area contributed by atoms with Crippen molar-refractivity contribution in [2.45, 2.75) is 12.8 Å². The van der Waals surface area contributed by atoms with Crippen LogP contribution in [0.4, 0.5) is 0 Å². The molecule has 1 N–H and O–H groups in total. The first-order chi connectivity index (χ1) is 9.15. The van der Waals surface area contributed by atoms with Crippen molar-refractivity contribution in [3.05, 3.63) is 58.9 Å². The van der Waals surface area contributed by atoms with E-state index in [0.29, 0.717) is 5.56 Å². The topological polar surface area (TPSA) is 55.1 Å². The van der Waals surface area contributed by atoms with E-state index in [4.69, 9.17) is 5.11 Å². The number of hydrogen-bond acceptors (Lipinski definition) is 2. The van der Waals surface area contributed by atoms with Crippen molar-refractivity contribution in [3.63, 3.8) is 0 Å². The number of carbonyl (C=O) groups is 1. The van der Waals surface area contributed by atoms with E-state index in [1.54, 1.807) is 16.8 Å². The molecule has 0 amide bonds. The van der Waals surface area contributed by atoms with Crippen LogP contribution in [-0.4, -0.2) is 20.9 Å². The molecule has 19 heavy (non-hydrogen) atoms. The van der Waals surface area contributed by atoms with Crippen LogP contribution in [0.2, 0.25) is 0 Å². The highest BCUT2D eigenvalue weighted by atomic mass is 16.4. The fourth-order valence-electron chi connectivity index (χ4n) is 2.49. The molecule has 96 valence electrons. The van der Waals surface area contributed by atoms with Crippen LogP contribution >= 0.6 is 0 Å². The smallest absolute Gasteiger partial charge is 0.335 e. The molecule has 0 saturated heterocycles. The zero-order chi connectivity index (χ0) is 13.4. The first kappa shape index (κ1) is 11.7. The molecule has 2 aromatic rings. The lowest BCUT2D eigenvalue weighted by atomic mass is 9.87. The zero-order valence-corrected chi connectivity index (χ0v) is 10.6. The molecule has 0 bridgehead atoms. The Labute approximate surface area is 111 Å². The molecule has 1 aromatic carbocycles. The van der Waals surface area contributed by atoms with E-state index in [-0.39, 0.29) is 0 Å². The molecule has 1 aliphatic carbocycles. The maximum absolute atomic E-state index is 11.1. The molecule has 0 aliphatic heterocycles. The van der Waals surface area contributed by atoms with Gasteiger partial charge in [-0.1, -0.05) is 12.1 Å². The standard InChI is InChI=1S/C15H14N2O2/c1-17-9-12(8-16-17)13-4-2-3-10-5-6-11(15(18)19)7-14(10)13/h4-9H,2-3H2,1H3,(H,18,19). The minimum Gasteiger partial charge on any atom is -0.478 e. The van der Waals surface area contributed by atoms with Gasteiger partial charge in [-0.2, -0.15) is 5.10 Å². The maximum Gasteiger partial charge on any atom is 0.335 e.